The third-order valence-corrected chi connectivity index (χ3v) is 4.70. The molecule has 0 aliphatic carbocycles. The summed E-state index contributed by atoms with van der Waals surface area (Å²) in [6.07, 6.45) is 2.23. The molecule has 0 radical (unpaired) electrons. The summed E-state index contributed by atoms with van der Waals surface area (Å²) >= 11 is 10.6. The third-order valence-electron chi connectivity index (χ3n) is 4.23. The van der Waals surface area contributed by atoms with E-state index in [-0.39, 0.29) is 0 Å². The Balaban J connectivity index is 0. The first-order valence-corrected chi connectivity index (χ1v) is 12.6. The van der Waals surface area contributed by atoms with E-state index in [0.717, 1.165) is 52.4 Å². The quantitative estimate of drug-likeness (QED) is 0.0881. The van der Waals surface area contributed by atoms with Gasteiger partial charge in [0, 0.05) is 76.7 Å². The molecule has 0 atom stereocenters. The summed E-state index contributed by atoms with van der Waals surface area (Å²) in [4.78, 5) is 42.5. The molecule has 1 heterocycles. The van der Waals surface area contributed by atoms with E-state index in [9.17, 15) is 19.2 Å². The van der Waals surface area contributed by atoms with Crippen molar-refractivity contribution in [1.29, 1.82) is 0 Å². The smallest absolute Gasteiger partial charge is 0.328 e. The second-order valence-corrected chi connectivity index (χ2v) is 9.15. The van der Waals surface area contributed by atoms with Gasteiger partial charge in [0.15, 0.2) is 10.2 Å². The molecule has 0 bridgehead atoms. The Kier molecular flexibility index (Phi) is 22.7. The number of carbonyl (C=O) groups is 4. The summed E-state index contributed by atoms with van der Waals surface area (Å²) in [6, 6.07) is 0. The number of likely N-dealkylation sites (N-methyl/N-ethyl adjacent to an activating group) is 2. The van der Waals surface area contributed by atoms with Gasteiger partial charge in [-0.15, -0.1) is 0 Å². The van der Waals surface area contributed by atoms with E-state index >= 15 is 0 Å². The van der Waals surface area contributed by atoms with Gasteiger partial charge in [-0.05, 0) is 52.6 Å². The van der Waals surface area contributed by atoms with Gasteiger partial charge in [-0.1, -0.05) is 0 Å². The molecule has 1 rings (SSSR count). The topological polar surface area (TPSA) is 210 Å². The van der Waals surface area contributed by atoms with Crippen LogP contribution in [0.15, 0.2) is 24.3 Å². The number of aliphatic carboxylic acids is 4. The van der Waals surface area contributed by atoms with E-state index in [4.69, 9.17) is 44.9 Å². The molecule has 16 nitrogen and oxygen atoms in total. The molecule has 0 spiro atoms. The maximum Gasteiger partial charge on any atom is 0.328 e. The molecule has 0 aromatic carbocycles. The number of carboxylic acids is 4. The second-order valence-electron chi connectivity index (χ2n) is 8.34. The molecule has 1 aliphatic rings. The Morgan fingerprint density at radius 2 is 0.875 bits per heavy atom. The minimum absolute atomic E-state index is 0.558. The zero-order chi connectivity index (χ0) is 31.1. The number of hydrogen-bond acceptors (Lipinski definition) is 10. The van der Waals surface area contributed by atoms with Crippen molar-refractivity contribution in [3.63, 3.8) is 0 Å². The Morgan fingerprint density at radius 3 is 1.07 bits per heavy atom. The highest BCUT2D eigenvalue weighted by atomic mass is 32.1. The number of rotatable bonds is 12. The molecule has 1 aliphatic heterocycles. The molecule has 1 saturated heterocycles. The molecule has 0 amide bonds. The second kappa shape index (κ2) is 23.5. The van der Waals surface area contributed by atoms with Crippen LogP contribution in [0.5, 0.6) is 0 Å². The van der Waals surface area contributed by atoms with Crippen LogP contribution >= 0.6 is 24.4 Å². The van der Waals surface area contributed by atoms with Gasteiger partial charge in [0.2, 0.25) is 0 Å². The lowest BCUT2D eigenvalue weighted by Gasteiger charge is -2.35. The molecule has 18 heteroatoms. The Hall–Kier alpha value is -3.42. The van der Waals surface area contributed by atoms with Crippen molar-refractivity contribution < 1.29 is 39.6 Å². The van der Waals surface area contributed by atoms with E-state index in [0.29, 0.717) is 34.5 Å². The van der Waals surface area contributed by atoms with Gasteiger partial charge in [0.1, 0.15) is 0 Å². The molecule has 0 unspecified atom stereocenters. The average molecular weight is 609 g/mol. The number of thiocarbonyl (C=S) groups is 2. The number of hydrazine groups is 2. The minimum Gasteiger partial charge on any atom is -0.478 e. The summed E-state index contributed by atoms with van der Waals surface area (Å²) < 4.78 is 0. The van der Waals surface area contributed by atoms with Crippen molar-refractivity contribution in [1.82, 2.24) is 41.3 Å². The predicted octanol–water partition coefficient (Wildman–Crippen LogP) is -2.09. The first kappa shape index (κ1) is 38.7. The number of carboxylic acid groups (broad SMARTS) is 4. The SMILES string of the molecule is CN(C)CCNC(=S)NN1CCN(NC(=S)NCCN(C)C)CC1.O=C(O)/C=C\C(=O)O.O=C(O)/C=C\C(=O)O. The van der Waals surface area contributed by atoms with Crippen LogP contribution in [-0.4, -0.2) is 155 Å². The van der Waals surface area contributed by atoms with Gasteiger partial charge in [-0.2, -0.15) is 0 Å². The van der Waals surface area contributed by atoms with E-state index in [1.807, 2.05) is 28.2 Å². The monoisotopic (exact) mass is 608 g/mol. The molecule has 40 heavy (non-hydrogen) atoms. The number of piperazine rings is 1. The van der Waals surface area contributed by atoms with Crippen LogP contribution < -0.4 is 21.5 Å². The van der Waals surface area contributed by atoms with E-state index in [2.05, 4.69) is 41.3 Å². The Labute approximate surface area is 244 Å². The largest absolute Gasteiger partial charge is 0.478 e. The van der Waals surface area contributed by atoms with Crippen molar-refractivity contribution in [3.8, 4) is 0 Å². The van der Waals surface area contributed by atoms with E-state index in [1.54, 1.807) is 0 Å². The van der Waals surface area contributed by atoms with Crippen molar-refractivity contribution in [2.75, 3.05) is 80.5 Å². The molecule has 0 aromatic rings. The van der Waals surface area contributed by atoms with Crippen molar-refractivity contribution in [2.24, 2.45) is 0 Å². The molecule has 1 fully saturated rings. The standard InChI is InChI=1S/C14H32N8S2.2C4H4O4/c1-19(2)7-5-15-13(23)17-21-9-11-22(12-10-21)18-14(24)16-6-8-20(3)4;2*5-3(6)1-2-4(7)8/h5-12H2,1-4H3,(H2,15,17,23)(H2,16,18,24);2*1-2H,(H,5,6)(H,7,8)/b;2*2-1-. The fraction of sp³-hybridized carbons (Fsp3) is 0.545. The summed E-state index contributed by atoms with van der Waals surface area (Å²) in [7, 11) is 8.18. The highest BCUT2D eigenvalue weighted by Gasteiger charge is 2.17. The predicted molar refractivity (Wildman–Crippen MR) is 157 cm³/mol. The summed E-state index contributed by atoms with van der Waals surface area (Å²) in [5.74, 6) is -5.03. The Bertz CT molecular complexity index is 777. The maximum absolute atomic E-state index is 9.55. The van der Waals surface area contributed by atoms with Gasteiger partial charge < -0.3 is 40.9 Å². The lowest BCUT2D eigenvalue weighted by molar-refractivity contribution is -0.134. The highest BCUT2D eigenvalue weighted by molar-refractivity contribution is 7.80. The fourth-order valence-electron chi connectivity index (χ4n) is 2.37. The first-order chi connectivity index (χ1) is 18.6. The number of nitrogens with one attached hydrogen (secondary N) is 4. The van der Waals surface area contributed by atoms with Crippen molar-refractivity contribution >= 4 is 58.5 Å². The molecule has 8 N–H and O–H groups in total. The summed E-state index contributed by atoms with van der Waals surface area (Å²) in [6.45, 7) is 7.10. The van der Waals surface area contributed by atoms with Gasteiger partial charge >= 0.3 is 23.9 Å². The van der Waals surface area contributed by atoms with E-state index in [1.165, 1.54) is 0 Å². The van der Waals surface area contributed by atoms with Crippen LogP contribution in [0, 0.1) is 0 Å². The number of hydrogen-bond donors (Lipinski definition) is 8. The maximum atomic E-state index is 9.55. The average Bonchev–Trinajstić information content (AvgIpc) is 2.83. The van der Waals surface area contributed by atoms with Gasteiger partial charge in [-0.25, -0.2) is 29.2 Å². The van der Waals surface area contributed by atoms with E-state index < -0.39 is 23.9 Å². The molecule has 228 valence electrons. The number of nitrogens with zero attached hydrogens (tertiary/aromatic N) is 4. The van der Waals surface area contributed by atoms with Crippen LogP contribution in [0.4, 0.5) is 0 Å². The van der Waals surface area contributed by atoms with Crippen LogP contribution in [0.3, 0.4) is 0 Å². The van der Waals surface area contributed by atoms with Crippen LogP contribution in [0.2, 0.25) is 0 Å². The van der Waals surface area contributed by atoms with Crippen molar-refractivity contribution in [3.05, 3.63) is 24.3 Å². The lowest BCUT2D eigenvalue weighted by Crippen LogP contribution is -2.60. The molecular formula is C22H40N8O8S2. The van der Waals surface area contributed by atoms with Crippen LogP contribution in [-0.2, 0) is 19.2 Å². The van der Waals surface area contributed by atoms with Crippen LogP contribution in [0.1, 0.15) is 0 Å². The summed E-state index contributed by atoms with van der Waals surface area (Å²) in [5.41, 5.74) is 6.48. The summed E-state index contributed by atoms with van der Waals surface area (Å²) in [5, 5.41) is 43.3. The Morgan fingerprint density at radius 1 is 0.625 bits per heavy atom. The van der Waals surface area contributed by atoms with Crippen LogP contribution in [0.25, 0.3) is 0 Å². The van der Waals surface area contributed by atoms with Crippen molar-refractivity contribution in [2.45, 2.75) is 0 Å². The highest BCUT2D eigenvalue weighted by Crippen LogP contribution is 1.96. The fourth-order valence-corrected chi connectivity index (χ4v) is 2.83. The minimum atomic E-state index is -1.26. The third kappa shape index (κ3) is 29.1. The lowest BCUT2D eigenvalue weighted by atomic mass is 10.4. The van der Waals surface area contributed by atoms with Gasteiger partial charge in [-0.3, -0.25) is 10.9 Å². The zero-order valence-corrected chi connectivity index (χ0v) is 24.6. The first-order valence-electron chi connectivity index (χ1n) is 11.8. The zero-order valence-electron chi connectivity index (χ0n) is 23.0. The van der Waals surface area contributed by atoms with Gasteiger partial charge in [0.05, 0.1) is 0 Å². The molecule has 0 saturated carbocycles. The molecule has 0 aromatic heterocycles. The van der Waals surface area contributed by atoms with Gasteiger partial charge in [0.25, 0.3) is 0 Å². The molecular weight excluding hydrogens is 568 g/mol. The normalized spacial score (nSPS) is 13.6.